The highest BCUT2D eigenvalue weighted by Gasteiger charge is 2.28. The van der Waals surface area contributed by atoms with Crippen molar-refractivity contribution in [3.63, 3.8) is 0 Å². The molecule has 1 amide bonds. The lowest BCUT2D eigenvalue weighted by Crippen LogP contribution is -2.42. The number of benzene rings is 1. The van der Waals surface area contributed by atoms with Gasteiger partial charge in [-0.1, -0.05) is 29.8 Å². The van der Waals surface area contributed by atoms with Crippen LogP contribution in [0.15, 0.2) is 24.3 Å². The van der Waals surface area contributed by atoms with Crippen molar-refractivity contribution in [2.75, 3.05) is 19.3 Å². The SMILES string of the molecule is CS(=O)(=O)C1CCN(C(=O)Cc2ccccc2Cl)CC1. The quantitative estimate of drug-likeness (QED) is 0.856. The molecular weight excluding hydrogens is 298 g/mol. The van der Waals surface area contributed by atoms with Gasteiger partial charge < -0.3 is 4.90 Å². The first-order chi connectivity index (χ1) is 9.38. The molecule has 1 aromatic carbocycles. The van der Waals surface area contributed by atoms with Gasteiger partial charge in [0.1, 0.15) is 9.84 Å². The van der Waals surface area contributed by atoms with Gasteiger partial charge in [0, 0.05) is 24.4 Å². The molecular formula is C14H18ClNO3S. The molecule has 1 fully saturated rings. The summed E-state index contributed by atoms with van der Waals surface area (Å²) in [5.74, 6) is 0.00468. The van der Waals surface area contributed by atoms with E-state index in [1.807, 2.05) is 18.2 Å². The minimum Gasteiger partial charge on any atom is -0.342 e. The second-order valence-corrected chi connectivity index (χ2v) is 7.91. The second kappa shape index (κ2) is 6.14. The third kappa shape index (κ3) is 3.73. The largest absolute Gasteiger partial charge is 0.342 e. The van der Waals surface area contributed by atoms with E-state index in [0.717, 1.165) is 5.56 Å². The maximum absolute atomic E-state index is 12.2. The Hall–Kier alpha value is -1.07. The number of carbonyl (C=O) groups is 1. The average molecular weight is 316 g/mol. The van der Waals surface area contributed by atoms with Gasteiger partial charge in [0.25, 0.3) is 0 Å². The van der Waals surface area contributed by atoms with Crippen LogP contribution in [0.5, 0.6) is 0 Å². The number of nitrogens with zero attached hydrogens (tertiary/aromatic N) is 1. The summed E-state index contributed by atoms with van der Waals surface area (Å²) >= 11 is 6.04. The second-order valence-electron chi connectivity index (χ2n) is 5.18. The molecule has 0 aliphatic carbocycles. The Morgan fingerprint density at radius 1 is 1.30 bits per heavy atom. The summed E-state index contributed by atoms with van der Waals surface area (Å²) in [5, 5.41) is 0.277. The number of amides is 1. The highest BCUT2D eigenvalue weighted by Crippen LogP contribution is 2.20. The van der Waals surface area contributed by atoms with E-state index in [9.17, 15) is 13.2 Å². The van der Waals surface area contributed by atoms with Crippen LogP contribution in [0.25, 0.3) is 0 Å². The normalized spacial score (nSPS) is 17.2. The van der Waals surface area contributed by atoms with Crippen LogP contribution in [-0.2, 0) is 21.1 Å². The smallest absolute Gasteiger partial charge is 0.227 e. The van der Waals surface area contributed by atoms with E-state index in [1.54, 1.807) is 11.0 Å². The van der Waals surface area contributed by atoms with E-state index >= 15 is 0 Å². The summed E-state index contributed by atoms with van der Waals surface area (Å²) in [6, 6.07) is 7.28. The first-order valence-electron chi connectivity index (χ1n) is 6.58. The summed E-state index contributed by atoms with van der Waals surface area (Å²) in [6.45, 7) is 1.00. The summed E-state index contributed by atoms with van der Waals surface area (Å²) < 4.78 is 23.0. The predicted octanol–water partition coefficient (Wildman–Crippen LogP) is 1.92. The fourth-order valence-electron chi connectivity index (χ4n) is 2.45. The minimum atomic E-state index is -3.00. The summed E-state index contributed by atoms with van der Waals surface area (Å²) in [4.78, 5) is 13.9. The highest BCUT2D eigenvalue weighted by atomic mass is 35.5. The molecule has 1 heterocycles. The van der Waals surface area contributed by atoms with Crippen molar-refractivity contribution < 1.29 is 13.2 Å². The Kier molecular flexibility index (Phi) is 4.70. The molecule has 0 aromatic heterocycles. The number of likely N-dealkylation sites (tertiary alicyclic amines) is 1. The first kappa shape index (κ1) is 15.3. The molecule has 0 radical (unpaired) electrons. The Morgan fingerprint density at radius 2 is 1.90 bits per heavy atom. The van der Waals surface area contributed by atoms with Crippen LogP contribution >= 0.6 is 11.6 Å². The van der Waals surface area contributed by atoms with Gasteiger partial charge in [0.2, 0.25) is 5.91 Å². The average Bonchev–Trinajstić information content (AvgIpc) is 2.40. The topological polar surface area (TPSA) is 54.5 Å². The van der Waals surface area contributed by atoms with Crippen LogP contribution in [-0.4, -0.2) is 43.8 Å². The molecule has 1 aliphatic rings. The Bertz CT molecular complexity index is 592. The van der Waals surface area contributed by atoms with Crippen molar-refractivity contribution in [1.29, 1.82) is 0 Å². The summed E-state index contributed by atoms with van der Waals surface area (Å²) in [5.41, 5.74) is 0.810. The number of rotatable bonds is 3. The molecule has 2 rings (SSSR count). The van der Waals surface area contributed by atoms with Crippen LogP contribution < -0.4 is 0 Å². The monoisotopic (exact) mass is 315 g/mol. The lowest BCUT2D eigenvalue weighted by Gasteiger charge is -2.31. The van der Waals surface area contributed by atoms with Gasteiger partial charge >= 0.3 is 0 Å². The number of hydrogen-bond acceptors (Lipinski definition) is 3. The molecule has 0 bridgehead atoms. The van der Waals surface area contributed by atoms with Gasteiger partial charge in [0.05, 0.1) is 11.7 Å². The van der Waals surface area contributed by atoms with Crippen LogP contribution in [0, 0.1) is 0 Å². The lowest BCUT2D eigenvalue weighted by molar-refractivity contribution is -0.131. The van der Waals surface area contributed by atoms with Gasteiger partial charge in [-0.2, -0.15) is 0 Å². The zero-order chi connectivity index (χ0) is 14.8. The summed E-state index contributed by atoms with van der Waals surface area (Å²) in [6.07, 6.45) is 2.57. The van der Waals surface area contributed by atoms with Crippen molar-refractivity contribution in [2.45, 2.75) is 24.5 Å². The zero-order valence-electron chi connectivity index (χ0n) is 11.4. The van der Waals surface area contributed by atoms with Crippen molar-refractivity contribution in [2.24, 2.45) is 0 Å². The third-order valence-electron chi connectivity index (χ3n) is 3.70. The third-order valence-corrected chi connectivity index (χ3v) is 5.75. The first-order valence-corrected chi connectivity index (χ1v) is 8.91. The Balaban J connectivity index is 1.94. The van der Waals surface area contributed by atoms with Crippen LogP contribution in [0.3, 0.4) is 0 Å². The maximum atomic E-state index is 12.2. The molecule has 1 aliphatic heterocycles. The molecule has 0 saturated carbocycles. The molecule has 1 saturated heterocycles. The zero-order valence-corrected chi connectivity index (χ0v) is 13.0. The van der Waals surface area contributed by atoms with Crippen LogP contribution in [0.4, 0.5) is 0 Å². The van der Waals surface area contributed by atoms with E-state index in [1.165, 1.54) is 6.26 Å². The predicted molar refractivity (Wildman–Crippen MR) is 79.6 cm³/mol. The minimum absolute atomic E-state index is 0.00468. The molecule has 0 N–H and O–H groups in total. The van der Waals surface area contributed by atoms with Gasteiger partial charge in [-0.05, 0) is 24.5 Å². The number of halogens is 1. The molecule has 0 spiro atoms. The molecule has 1 aromatic rings. The van der Waals surface area contributed by atoms with Crippen molar-refractivity contribution in [3.8, 4) is 0 Å². The molecule has 110 valence electrons. The van der Waals surface area contributed by atoms with Gasteiger partial charge in [-0.3, -0.25) is 4.79 Å². The fourth-order valence-corrected chi connectivity index (χ4v) is 3.72. The molecule has 6 heteroatoms. The van der Waals surface area contributed by atoms with E-state index in [4.69, 9.17) is 11.6 Å². The molecule has 0 atom stereocenters. The molecule has 0 unspecified atom stereocenters. The Labute approximate surface area is 124 Å². The van der Waals surface area contributed by atoms with E-state index in [-0.39, 0.29) is 17.6 Å². The number of piperidine rings is 1. The van der Waals surface area contributed by atoms with Crippen molar-refractivity contribution in [1.82, 2.24) is 4.90 Å². The lowest BCUT2D eigenvalue weighted by atomic mass is 10.1. The van der Waals surface area contributed by atoms with Crippen LogP contribution in [0.2, 0.25) is 5.02 Å². The van der Waals surface area contributed by atoms with Gasteiger partial charge in [0.15, 0.2) is 0 Å². The summed E-state index contributed by atoms with van der Waals surface area (Å²) in [7, 11) is -3.00. The highest BCUT2D eigenvalue weighted by molar-refractivity contribution is 7.91. The van der Waals surface area contributed by atoms with Crippen molar-refractivity contribution in [3.05, 3.63) is 34.9 Å². The number of sulfone groups is 1. The van der Waals surface area contributed by atoms with Crippen LogP contribution in [0.1, 0.15) is 18.4 Å². The maximum Gasteiger partial charge on any atom is 0.227 e. The van der Waals surface area contributed by atoms with Crippen molar-refractivity contribution >= 4 is 27.3 Å². The van der Waals surface area contributed by atoms with Gasteiger partial charge in [-0.25, -0.2) is 8.42 Å². The Morgan fingerprint density at radius 3 is 2.45 bits per heavy atom. The molecule has 4 nitrogen and oxygen atoms in total. The molecule has 20 heavy (non-hydrogen) atoms. The van der Waals surface area contributed by atoms with E-state index in [0.29, 0.717) is 31.0 Å². The standard InChI is InChI=1S/C14H18ClNO3S/c1-20(18,19)12-6-8-16(9-7-12)14(17)10-11-4-2-3-5-13(11)15/h2-5,12H,6-10H2,1H3. The number of hydrogen-bond donors (Lipinski definition) is 0. The van der Waals surface area contributed by atoms with E-state index < -0.39 is 9.84 Å². The van der Waals surface area contributed by atoms with E-state index in [2.05, 4.69) is 0 Å². The fraction of sp³-hybridized carbons (Fsp3) is 0.500. The number of carbonyl (C=O) groups excluding carboxylic acids is 1. The van der Waals surface area contributed by atoms with Gasteiger partial charge in [-0.15, -0.1) is 0 Å².